The highest BCUT2D eigenvalue weighted by Gasteiger charge is 2.48. The molecule has 0 saturated carbocycles. The highest BCUT2D eigenvalue weighted by molar-refractivity contribution is 6.16. The maximum atomic E-state index is 11.9. The number of carbonyl (C=O) groups is 3. The van der Waals surface area contributed by atoms with E-state index < -0.39 is 23.3 Å². The Morgan fingerprint density at radius 3 is 2.62 bits per heavy atom. The standard InChI is InChI=1S/C11H16O5/c1-4-15-10(14)7(2)9(13)11(3)8(12)5-6-16-11/h7H,4-6H2,1-3H3. The van der Waals surface area contributed by atoms with Gasteiger partial charge in [0.15, 0.2) is 17.2 Å². The SMILES string of the molecule is CCOC(=O)C(C)C(=O)C1(C)OCCC1=O. The lowest BCUT2D eigenvalue weighted by Gasteiger charge is -2.22. The third-order valence-corrected chi connectivity index (χ3v) is 2.76. The third-order valence-electron chi connectivity index (χ3n) is 2.76. The number of ether oxygens (including phenoxy) is 2. The van der Waals surface area contributed by atoms with E-state index in [1.54, 1.807) is 6.92 Å². The van der Waals surface area contributed by atoms with Gasteiger partial charge in [0, 0.05) is 6.42 Å². The number of hydrogen-bond acceptors (Lipinski definition) is 5. The molecule has 0 aromatic rings. The molecule has 1 aliphatic rings. The average molecular weight is 228 g/mol. The first kappa shape index (κ1) is 12.8. The molecule has 0 N–H and O–H groups in total. The van der Waals surface area contributed by atoms with Crippen molar-refractivity contribution in [1.82, 2.24) is 0 Å². The number of Topliss-reactive ketones (excluding diaryl/α,β-unsaturated/α-hetero) is 2. The number of rotatable bonds is 4. The maximum Gasteiger partial charge on any atom is 0.316 e. The fourth-order valence-corrected chi connectivity index (χ4v) is 1.66. The van der Waals surface area contributed by atoms with Crippen molar-refractivity contribution < 1.29 is 23.9 Å². The van der Waals surface area contributed by atoms with Gasteiger partial charge >= 0.3 is 5.97 Å². The zero-order valence-electron chi connectivity index (χ0n) is 9.74. The smallest absolute Gasteiger partial charge is 0.316 e. The Kier molecular flexibility index (Phi) is 3.80. The number of esters is 1. The minimum Gasteiger partial charge on any atom is -0.465 e. The van der Waals surface area contributed by atoms with Gasteiger partial charge in [-0.3, -0.25) is 14.4 Å². The van der Waals surface area contributed by atoms with Crippen LogP contribution >= 0.6 is 0 Å². The van der Waals surface area contributed by atoms with Crippen molar-refractivity contribution in [2.24, 2.45) is 5.92 Å². The zero-order chi connectivity index (χ0) is 12.3. The van der Waals surface area contributed by atoms with Gasteiger partial charge in [0.2, 0.25) is 0 Å². The number of hydrogen-bond donors (Lipinski definition) is 0. The van der Waals surface area contributed by atoms with E-state index in [2.05, 4.69) is 0 Å². The van der Waals surface area contributed by atoms with Gasteiger partial charge in [0.25, 0.3) is 0 Å². The average Bonchev–Trinajstić information content (AvgIpc) is 2.59. The van der Waals surface area contributed by atoms with E-state index in [0.29, 0.717) is 0 Å². The highest BCUT2D eigenvalue weighted by atomic mass is 16.5. The van der Waals surface area contributed by atoms with Crippen LogP contribution in [0, 0.1) is 5.92 Å². The van der Waals surface area contributed by atoms with Crippen molar-refractivity contribution in [3.05, 3.63) is 0 Å². The monoisotopic (exact) mass is 228 g/mol. The molecule has 2 atom stereocenters. The van der Waals surface area contributed by atoms with Crippen LogP contribution in [0.25, 0.3) is 0 Å². The van der Waals surface area contributed by atoms with E-state index in [0.717, 1.165) is 0 Å². The van der Waals surface area contributed by atoms with Crippen LogP contribution in [0.1, 0.15) is 27.2 Å². The molecule has 0 aromatic heterocycles. The number of ketones is 2. The summed E-state index contributed by atoms with van der Waals surface area (Å²) in [5, 5.41) is 0. The molecule has 1 aliphatic heterocycles. The summed E-state index contributed by atoms with van der Waals surface area (Å²) in [4.78, 5) is 34.9. The second-order valence-corrected chi connectivity index (χ2v) is 3.89. The predicted octanol–water partition coefficient (Wildman–Crippen LogP) is 0.503. The van der Waals surface area contributed by atoms with Crippen molar-refractivity contribution in [1.29, 1.82) is 0 Å². The summed E-state index contributed by atoms with van der Waals surface area (Å²) in [5.74, 6) is -2.37. The molecule has 0 spiro atoms. The largest absolute Gasteiger partial charge is 0.465 e. The second-order valence-electron chi connectivity index (χ2n) is 3.89. The molecule has 0 aromatic carbocycles. The summed E-state index contributed by atoms with van der Waals surface area (Å²) < 4.78 is 9.90. The Balaban J connectivity index is 2.77. The molecule has 0 radical (unpaired) electrons. The molecule has 1 heterocycles. The van der Waals surface area contributed by atoms with Crippen molar-refractivity contribution in [3.8, 4) is 0 Å². The van der Waals surface area contributed by atoms with Gasteiger partial charge in [-0.25, -0.2) is 0 Å². The van der Waals surface area contributed by atoms with Gasteiger partial charge in [-0.1, -0.05) is 0 Å². The van der Waals surface area contributed by atoms with Crippen molar-refractivity contribution in [3.63, 3.8) is 0 Å². The maximum absolute atomic E-state index is 11.9. The molecule has 1 rings (SSSR count). The van der Waals surface area contributed by atoms with E-state index in [1.807, 2.05) is 0 Å². The van der Waals surface area contributed by atoms with Crippen molar-refractivity contribution in [2.75, 3.05) is 13.2 Å². The quantitative estimate of drug-likeness (QED) is 0.517. The molecule has 0 bridgehead atoms. The van der Waals surface area contributed by atoms with Crippen LogP contribution in [-0.2, 0) is 23.9 Å². The second kappa shape index (κ2) is 4.74. The summed E-state index contributed by atoms with van der Waals surface area (Å²) in [7, 11) is 0. The first-order valence-corrected chi connectivity index (χ1v) is 5.31. The predicted molar refractivity (Wildman–Crippen MR) is 54.8 cm³/mol. The minimum absolute atomic E-state index is 0.210. The van der Waals surface area contributed by atoms with Gasteiger partial charge in [-0.05, 0) is 20.8 Å². The van der Waals surface area contributed by atoms with Crippen LogP contribution in [0.4, 0.5) is 0 Å². The summed E-state index contributed by atoms with van der Waals surface area (Å²) >= 11 is 0. The van der Waals surface area contributed by atoms with Crippen LogP contribution < -0.4 is 0 Å². The van der Waals surface area contributed by atoms with Crippen LogP contribution in [-0.4, -0.2) is 36.4 Å². The number of carbonyl (C=O) groups excluding carboxylic acids is 3. The van der Waals surface area contributed by atoms with Crippen LogP contribution in [0.5, 0.6) is 0 Å². The summed E-state index contributed by atoms with van der Waals surface area (Å²) in [6.07, 6.45) is 0.220. The molecule has 5 heteroatoms. The summed E-state index contributed by atoms with van der Waals surface area (Å²) in [6, 6.07) is 0. The van der Waals surface area contributed by atoms with Gasteiger partial charge in [-0.15, -0.1) is 0 Å². The molecular weight excluding hydrogens is 212 g/mol. The fraction of sp³-hybridized carbons (Fsp3) is 0.727. The topological polar surface area (TPSA) is 69.7 Å². The molecule has 5 nitrogen and oxygen atoms in total. The lowest BCUT2D eigenvalue weighted by Crippen LogP contribution is -2.46. The molecule has 0 aliphatic carbocycles. The Bertz CT molecular complexity index is 322. The molecule has 1 saturated heterocycles. The van der Waals surface area contributed by atoms with E-state index >= 15 is 0 Å². The summed E-state index contributed by atoms with van der Waals surface area (Å²) in [5.41, 5.74) is -1.47. The van der Waals surface area contributed by atoms with Gasteiger partial charge in [0.1, 0.15) is 5.92 Å². The molecular formula is C11H16O5. The Morgan fingerprint density at radius 2 is 2.19 bits per heavy atom. The van der Waals surface area contributed by atoms with Crippen LogP contribution in [0.2, 0.25) is 0 Å². The lowest BCUT2D eigenvalue weighted by molar-refractivity contribution is -0.158. The van der Waals surface area contributed by atoms with Crippen molar-refractivity contribution in [2.45, 2.75) is 32.8 Å². The molecule has 0 amide bonds. The first-order chi connectivity index (χ1) is 7.43. The van der Waals surface area contributed by atoms with E-state index in [1.165, 1.54) is 13.8 Å². The molecule has 90 valence electrons. The van der Waals surface area contributed by atoms with Crippen molar-refractivity contribution >= 4 is 17.5 Å². The lowest BCUT2D eigenvalue weighted by atomic mass is 9.88. The normalized spacial score (nSPS) is 26.6. The van der Waals surface area contributed by atoms with Crippen LogP contribution in [0.3, 0.4) is 0 Å². The van der Waals surface area contributed by atoms with E-state index in [-0.39, 0.29) is 25.4 Å². The zero-order valence-corrected chi connectivity index (χ0v) is 9.74. The molecule has 16 heavy (non-hydrogen) atoms. The molecule has 1 fully saturated rings. The third kappa shape index (κ3) is 2.14. The van der Waals surface area contributed by atoms with E-state index in [4.69, 9.17) is 9.47 Å². The van der Waals surface area contributed by atoms with Gasteiger partial charge < -0.3 is 9.47 Å². The molecule has 2 unspecified atom stereocenters. The highest BCUT2D eigenvalue weighted by Crippen LogP contribution is 2.26. The van der Waals surface area contributed by atoms with Gasteiger partial charge in [-0.2, -0.15) is 0 Å². The Hall–Kier alpha value is -1.23. The summed E-state index contributed by atoms with van der Waals surface area (Å²) in [6.45, 7) is 4.95. The van der Waals surface area contributed by atoms with Crippen LogP contribution in [0.15, 0.2) is 0 Å². The fourth-order valence-electron chi connectivity index (χ4n) is 1.66. The minimum atomic E-state index is -1.47. The van der Waals surface area contributed by atoms with Gasteiger partial charge in [0.05, 0.1) is 13.2 Å². The van der Waals surface area contributed by atoms with E-state index in [9.17, 15) is 14.4 Å². The Morgan fingerprint density at radius 1 is 1.56 bits per heavy atom. The first-order valence-electron chi connectivity index (χ1n) is 5.31. The Labute approximate surface area is 94.1 Å².